The molecule has 1 aromatic rings. The predicted molar refractivity (Wildman–Crippen MR) is 54.4 cm³/mol. The number of hydrogen-bond acceptors (Lipinski definition) is 3. The van der Waals surface area contributed by atoms with Crippen LogP contribution < -0.4 is 10.1 Å². The zero-order chi connectivity index (χ0) is 9.80. The largest absolute Gasteiger partial charge is 0.486 e. The fourth-order valence-electron chi connectivity index (χ4n) is 1.36. The SMILES string of the molecule is CNCc1ccc(OC2COC2)cc1. The predicted octanol–water partition coefficient (Wildman–Crippen LogP) is 1.18. The van der Waals surface area contributed by atoms with Gasteiger partial charge in [-0.15, -0.1) is 0 Å². The second-order valence-corrected chi connectivity index (χ2v) is 3.45. The first-order chi connectivity index (χ1) is 6.88. The number of hydrogen-bond donors (Lipinski definition) is 1. The van der Waals surface area contributed by atoms with Gasteiger partial charge in [0, 0.05) is 6.54 Å². The molecule has 2 rings (SSSR count). The molecule has 1 aromatic carbocycles. The van der Waals surface area contributed by atoms with Crippen LogP contribution >= 0.6 is 0 Å². The van der Waals surface area contributed by atoms with Crippen LogP contribution in [-0.2, 0) is 11.3 Å². The summed E-state index contributed by atoms with van der Waals surface area (Å²) in [5.74, 6) is 0.929. The van der Waals surface area contributed by atoms with Gasteiger partial charge in [-0.25, -0.2) is 0 Å². The van der Waals surface area contributed by atoms with E-state index in [4.69, 9.17) is 9.47 Å². The highest BCUT2D eigenvalue weighted by Crippen LogP contribution is 2.16. The van der Waals surface area contributed by atoms with Gasteiger partial charge in [-0.05, 0) is 24.7 Å². The average Bonchev–Trinajstić information content (AvgIpc) is 2.14. The maximum Gasteiger partial charge on any atom is 0.145 e. The van der Waals surface area contributed by atoms with E-state index in [2.05, 4.69) is 17.4 Å². The number of rotatable bonds is 4. The maximum absolute atomic E-state index is 5.64. The summed E-state index contributed by atoms with van der Waals surface area (Å²) >= 11 is 0. The summed E-state index contributed by atoms with van der Waals surface area (Å²) in [5, 5.41) is 3.11. The van der Waals surface area contributed by atoms with Crippen LogP contribution in [0.3, 0.4) is 0 Å². The van der Waals surface area contributed by atoms with E-state index in [1.807, 2.05) is 19.2 Å². The van der Waals surface area contributed by atoms with Crippen molar-refractivity contribution >= 4 is 0 Å². The molecule has 0 bridgehead atoms. The van der Waals surface area contributed by atoms with Crippen molar-refractivity contribution in [1.82, 2.24) is 5.32 Å². The molecule has 0 amide bonds. The highest BCUT2D eigenvalue weighted by atomic mass is 16.6. The van der Waals surface area contributed by atoms with E-state index in [0.29, 0.717) is 0 Å². The Morgan fingerprint density at radius 2 is 2.07 bits per heavy atom. The lowest BCUT2D eigenvalue weighted by Gasteiger charge is -2.26. The quantitative estimate of drug-likeness (QED) is 0.779. The third kappa shape index (κ3) is 2.25. The molecular formula is C11H15NO2. The Labute approximate surface area is 84.0 Å². The lowest BCUT2D eigenvalue weighted by molar-refractivity contribution is -0.0796. The van der Waals surface area contributed by atoms with Gasteiger partial charge in [-0.1, -0.05) is 12.1 Å². The summed E-state index contributed by atoms with van der Waals surface area (Å²) in [7, 11) is 1.94. The van der Waals surface area contributed by atoms with Crippen molar-refractivity contribution in [3.63, 3.8) is 0 Å². The molecule has 14 heavy (non-hydrogen) atoms. The number of nitrogens with one attached hydrogen (secondary N) is 1. The van der Waals surface area contributed by atoms with E-state index in [0.717, 1.165) is 25.5 Å². The van der Waals surface area contributed by atoms with Crippen molar-refractivity contribution in [2.24, 2.45) is 0 Å². The molecule has 0 spiro atoms. The molecule has 0 radical (unpaired) electrons. The van der Waals surface area contributed by atoms with Crippen LogP contribution in [0.4, 0.5) is 0 Å². The molecule has 3 heteroatoms. The second kappa shape index (κ2) is 4.44. The van der Waals surface area contributed by atoms with Crippen LogP contribution in [0, 0.1) is 0 Å². The molecule has 0 atom stereocenters. The van der Waals surface area contributed by atoms with Crippen molar-refractivity contribution in [2.75, 3.05) is 20.3 Å². The van der Waals surface area contributed by atoms with Gasteiger partial charge < -0.3 is 14.8 Å². The van der Waals surface area contributed by atoms with Crippen molar-refractivity contribution in [2.45, 2.75) is 12.6 Å². The third-order valence-corrected chi connectivity index (χ3v) is 2.21. The van der Waals surface area contributed by atoms with Gasteiger partial charge in [-0.2, -0.15) is 0 Å². The molecule has 1 heterocycles. The molecule has 1 saturated heterocycles. The average molecular weight is 193 g/mol. The summed E-state index contributed by atoms with van der Waals surface area (Å²) in [5.41, 5.74) is 1.27. The molecule has 3 nitrogen and oxygen atoms in total. The first-order valence-electron chi connectivity index (χ1n) is 4.86. The van der Waals surface area contributed by atoms with Crippen LogP contribution in [0.1, 0.15) is 5.56 Å². The van der Waals surface area contributed by atoms with Crippen molar-refractivity contribution in [3.8, 4) is 5.75 Å². The standard InChI is InChI=1S/C11H15NO2/c1-12-6-9-2-4-10(5-3-9)14-11-7-13-8-11/h2-5,11-12H,6-8H2,1H3. The smallest absolute Gasteiger partial charge is 0.145 e. The molecule has 1 fully saturated rings. The molecule has 1 aliphatic heterocycles. The van der Waals surface area contributed by atoms with E-state index in [1.165, 1.54) is 5.56 Å². The maximum atomic E-state index is 5.64. The van der Waals surface area contributed by atoms with Crippen LogP contribution in [0.25, 0.3) is 0 Å². The lowest BCUT2D eigenvalue weighted by atomic mass is 10.2. The normalized spacial score (nSPS) is 16.4. The fraction of sp³-hybridized carbons (Fsp3) is 0.455. The Bertz CT molecular complexity index is 280. The molecule has 0 aliphatic carbocycles. The van der Waals surface area contributed by atoms with E-state index in [-0.39, 0.29) is 6.10 Å². The molecule has 76 valence electrons. The Morgan fingerprint density at radius 3 is 2.57 bits per heavy atom. The molecule has 0 aromatic heterocycles. The Hall–Kier alpha value is -1.06. The minimum Gasteiger partial charge on any atom is -0.486 e. The fourth-order valence-corrected chi connectivity index (χ4v) is 1.36. The van der Waals surface area contributed by atoms with E-state index >= 15 is 0 Å². The van der Waals surface area contributed by atoms with Crippen LogP contribution in [0.2, 0.25) is 0 Å². The minimum absolute atomic E-state index is 0.255. The van der Waals surface area contributed by atoms with Gasteiger partial charge in [0.25, 0.3) is 0 Å². The Balaban J connectivity index is 1.91. The van der Waals surface area contributed by atoms with Gasteiger partial charge in [0.2, 0.25) is 0 Å². The highest BCUT2D eigenvalue weighted by Gasteiger charge is 2.19. The van der Waals surface area contributed by atoms with Crippen LogP contribution in [0.5, 0.6) is 5.75 Å². The van der Waals surface area contributed by atoms with E-state index in [1.54, 1.807) is 0 Å². The first-order valence-corrected chi connectivity index (χ1v) is 4.86. The monoisotopic (exact) mass is 193 g/mol. The Kier molecular flexibility index (Phi) is 3.01. The molecular weight excluding hydrogens is 178 g/mol. The van der Waals surface area contributed by atoms with Gasteiger partial charge in [0.1, 0.15) is 11.9 Å². The number of ether oxygens (including phenoxy) is 2. The summed E-state index contributed by atoms with van der Waals surface area (Å²) in [6.45, 7) is 2.34. The Morgan fingerprint density at radius 1 is 1.36 bits per heavy atom. The molecule has 0 unspecified atom stereocenters. The lowest BCUT2D eigenvalue weighted by Crippen LogP contribution is -2.38. The zero-order valence-electron chi connectivity index (χ0n) is 8.32. The molecule has 0 saturated carbocycles. The van der Waals surface area contributed by atoms with Gasteiger partial charge in [-0.3, -0.25) is 0 Å². The van der Waals surface area contributed by atoms with Crippen LogP contribution in [-0.4, -0.2) is 26.4 Å². The summed E-state index contributed by atoms with van der Waals surface area (Å²) in [6.07, 6.45) is 0.255. The van der Waals surface area contributed by atoms with Gasteiger partial charge in [0.05, 0.1) is 13.2 Å². The van der Waals surface area contributed by atoms with Crippen LogP contribution in [0.15, 0.2) is 24.3 Å². The van der Waals surface area contributed by atoms with Gasteiger partial charge >= 0.3 is 0 Å². The number of benzene rings is 1. The van der Waals surface area contributed by atoms with Crippen molar-refractivity contribution in [1.29, 1.82) is 0 Å². The minimum atomic E-state index is 0.255. The van der Waals surface area contributed by atoms with Crippen molar-refractivity contribution < 1.29 is 9.47 Å². The van der Waals surface area contributed by atoms with E-state index < -0.39 is 0 Å². The van der Waals surface area contributed by atoms with Crippen molar-refractivity contribution in [3.05, 3.63) is 29.8 Å². The summed E-state index contributed by atoms with van der Waals surface area (Å²) in [4.78, 5) is 0. The van der Waals surface area contributed by atoms with Gasteiger partial charge in [0.15, 0.2) is 0 Å². The first kappa shape index (κ1) is 9.49. The molecule has 1 aliphatic rings. The highest BCUT2D eigenvalue weighted by molar-refractivity contribution is 5.27. The summed E-state index contributed by atoms with van der Waals surface area (Å²) in [6, 6.07) is 8.16. The summed E-state index contributed by atoms with van der Waals surface area (Å²) < 4.78 is 10.7. The topological polar surface area (TPSA) is 30.5 Å². The van der Waals surface area contributed by atoms with E-state index in [9.17, 15) is 0 Å². The second-order valence-electron chi connectivity index (χ2n) is 3.45. The third-order valence-electron chi connectivity index (χ3n) is 2.21. The zero-order valence-corrected chi connectivity index (χ0v) is 8.32. The molecule has 1 N–H and O–H groups in total.